The smallest absolute Gasteiger partial charge is 0.151 e. The molecular weight excluding hydrogens is 363 g/mol. The predicted molar refractivity (Wildman–Crippen MR) is 79.0 cm³/mol. The second-order valence-corrected chi connectivity index (χ2v) is 4.88. The van der Waals surface area contributed by atoms with Crippen LogP contribution in [0.5, 0.6) is 0 Å². The van der Waals surface area contributed by atoms with E-state index in [1.165, 1.54) is 23.0 Å². The lowest BCUT2D eigenvalue weighted by atomic mass is 10.3. The summed E-state index contributed by atoms with van der Waals surface area (Å²) < 4.78 is 28.7. The Morgan fingerprint density at radius 2 is 2.16 bits per heavy atom. The molecule has 0 atom stereocenters. The minimum atomic E-state index is -0.691. The third kappa shape index (κ3) is 2.67. The van der Waals surface area contributed by atoms with Gasteiger partial charge in [0.15, 0.2) is 5.82 Å². The number of aromatic nitrogens is 2. The van der Waals surface area contributed by atoms with E-state index in [2.05, 4.69) is 34.3 Å². The van der Waals surface area contributed by atoms with Crippen molar-refractivity contribution in [3.8, 4) is 5.69 Å². The highest BCUT2D eigenvalue weighted by Gasteiger charge is 2.08. The Kier molecular flexibility index (Phi) is 3.98. The lowest BCUT2D eigenvalue weighted by Crippen LogP contribution is -2.28. The first-order valence-corrected chi connectivity index (χ1v) is 6.39. The van der Waals surface area contributed by atoms with Gasteiger partial charge in [-0.2, -0.15) is 5.10 Å². The molecule has 98 valence electrons. The van der Waals surface area contributed by atoms with E-state index in [9.17, 15) is 8.78 Å². The van der Waals surface area contributed by atoms with Crippen LogP contribution < -0.4 is 16.3 Å². The van der Waals surface area contributed by atoms with Gasteiger partial charge in [-0.25, -0.2) is 13.5 Å². The fourth-order valence-corrected chi connectivity index (χ4v) is 2.27. The molecule has 2 rings (SSSR count). The van der Waals surface area contributed by atoms with Crippen molar-refractivity contribution < 1.29 is 8.78 Å². The average molecular weight is 373 g/mol. The zero-order chi connectivity index (χ0) is 14.0. The molecule has 0 fully saturated rings. The van der Waals surface area contributed by atoms with Gasteiger partial charge in [-0.15, -0.1) is 0 Å². The van der Waals surface area contributed by atoms with Gasteiger partial charge in [0, 0.05) is 14.9 Å². The summed E-state index contributed by atoms with van der Waals surface area (Å²) in [4.78, 5) is 0. The Balaban J connectivity index is 2.67. The largest absolute Gasteiger partial charge is 0.405 e. The normalized spacial score (nSPS) is 13.0. The van der Waals surface area contributed by atoms with Crippen LogP contribution in [0.1, 0.15) is 0 Å². The molecule has 0 aliphatic heterocycles. The number of halogens is 3. The first kappa shape index (κ1) is 13.7. The Bertz CT molecular complexity index is 750. The predicted octanol–water partition coefficient (Wildman–Crippen LogP) is 1.58. The third-order valence-corrected chi connectivity index (χ3v) is 3.45. The van der Waals surface area contributed by atoms with Crippen LogP contribution >= 0.6 is 22.6 Å². The van der Waals surface area contributed by atoms with Gasteiger partial charge in [0.05, 0.1) is 11.5 Å². The van der Waals surface area contributed by atoms with E-state index in [0.717, 1.165) is 14.9 Å². The zero-order valence-electron chi connectivity index (χ0n) is 9.78. The summed E-state index contributed by atoms with van der Waals surface area (Å²) in [6, 6.07) is 3.31. The minimum absolute atomic E-state index is 0.151. The van der Waals surface area contributed by atoms with Crippen LogP contribution in [-0.4, -0.2) is 9.78 Å². The van der Waals surface area contributed by atoms with Crippen LogP contribution in [0.2, 0.25) is 0 Å². The van der Waals surface area contributed by atoms with Gasteiger partial charge < -0.3 is 5.73 Å². The van der Waals surface area contributed by atoms with Gasteiger partial charge in [-0.05, 0) is 47.0 Å². The fourth-order valence-electron chi connectivity index (χ4n) is 1.61. The zero-order valence-corrected chi connectivity index (χ0v) is 11.9. The lowest BCUT2D eigenvalue weighted by Gasteiger charge is -2.03. The molecule has 0 spiro atoms. The van der Waals surface area contributed by atoms with E-state index < -0.39 is 11.6 Å². The van der Waals surface area contributed by atoms with Crippen molar-refractivity contribution in [1.29, 1.82) is 0 Å². The van der Waals surface area contributed by atoms with Gasteiger partial charge in [-0.1, -0.05) is 6.58 Å². The van der Waals surface area contributed by atoms with Gasteiger partial charge in [0.1, 0.15) is 11.5 Å². The van der Waals surface area contributed by atoms with Crippen molar-refractivity contribution in [2.24, 2.45) is 5.73 Å². The van der Waals surface area contributed by atoms with Crippen molar-refractivity contribution in [3.05, 3.63) is 58.9 Å². The number of nitrogens with two attached hydrogens (primary N) is 1. The average Bonchev–Trinajstić information content (AvgIpc) is 2.72. The lowest BCUT2D eigenvalue weighted by molar-refractivity contribution is 0.572. The molecule has 1 aromatic heterocycles. The summed E-state index contributed by atoms with van der Waals surface area (Å²) in [7, 11) is 0. The topological polar surface area (TPSA) is 43.8 Å². The van der Waals surface area contributed by atoms with Crippen molar-refractivity contribution in [1.82, 2.24) is 9.78 Å². The molecule has 0 aliphatic carbocycles. The van der Waals surface area contributed by atoms with Crippen molar-refractivity contribution in [2.75, 3.05) is 0 Å². The van der Waals surface area contributed by atoms with E-state index in [4.69, 9.17) is 5.73 Å². The summed E-state index contributed by atoms with van der Waals surface area (Å²) in [5, 5.41) is 5.32. The van der Waals surface area contributed by atoms with Gasteiger partial charge in [-0.3, -0.25) is 0 Å². The van der Waals surface area contributed by atoms with Crippen LogP contribution in [-0.2, 0) is 0 Å². The molecule has 2 N–H and O–H groups in total. The van der Waals surface area contributed by atoms with E-state index in [1.54, 1.807) is 12.3 Å². The summed E-state index contributed by atoms with van der Waals surface area (Å²) in [6.07, 6.45) is 4.65. The summed E-state index contributed by atoms with van der Waals surface area (Å²) in [6.45, 7) is 3.86. The highest BCUT2D eigenvalue weighted by molar-refractivity contribution is 14.1. The second-order valence-electron chi connectivity index (χ2n) is 3.72. The van der Waals surface area contributed by atoms with Crippen LogP contribution in [0, 0.1) is 11.6 Å². The van der Waals surface area contributed by atoms with E-state index in [0.29, 0.717) is 5.35 Å². The Morgan fingerprint density at radius 3 is 2.79 bits per heavy atom. The molecule has 6 heteroatoms. The molecule has 19 heavy (non-hydrogen) atoms. The standard InChI is InChI=1S/C13H10F2IN3/c1-8-10(12(16)4-5-17)7-18-19(8)13-3-2-9(14)6-11(13)15/h2-7H,1,17H2/b5-4-,12-10+. The first-order valence-electron chi connectivity index (χ1n) is 5.31. The van der Waals surface area contributed by atoms with E-state index >= 15 is 0 Å². The maximum atomic E-state index is 13.7. The first-order chi connectivity index (χ1) is 9.04. The maximum absolute atomic E-state index is 13.7. The van der Waals surface area contributed by atoms with Crippen LogP contribution in [0.25, 0.3) is 15.8 Å². The molecule has 0 saturated carbocycles. The van der Waals surface area contributed by atoms with Crippen LogP contribution in [0.4, 0.5) is 8.78 Å². The summed E-state index contributed by atoms with van der Waals surface area (Å²) in [5.74, 6) is -1.32. The number of allylic oxidation sites excluding steroid dienone is 1. The highest BCUT2D eigenvalue weighted by atomic mass is 127. The van der Waals surface area contributed by atoms with E-state index in [1.807, 2.05) is 0 Å². The molecule has 0 radical (unpaired) electrons. The quantitative estimate of drug-likeness (QED) is 0.813. The maximum Gasteiger partial charge on any atom is 0.151 e. The number of benzene rings is 1. The SMILES string of the molecule is C=c1/c(=C(I)\C=C/N)cnn1-c1ccc(F)cc1F. The van der Waals surface area contributed by atoms with Gasteiger partial charge >= 0.3 is 0 Å². The number of nitrogens with zero attached hydrogens (tertiary/aromatic N) is 2. The molecule has 3 nitrogen and oxygen atoms in total. The Labute approximate surface area is 121 Å². The number of hydrogen-bond acceptors (Lipinski definition) is 2. The van der Waals surface area contributed by atoms with Gasteiger partial charge in [0.2, 0.25) is 0 Å². The van der Waals surface area contributed by atoms with Crippen molar-refractivity contribution >= 4 is 32.7 Å². The third-order valence-electron chi connectivity index (χ3n) is 2.51. The Hall–Kier alpha value is -1.70. The molecule has 0 saturated heterocycles. The molecule has 1 aromatic carbocycles. The van der Waals surface area contributed by atoms with Gasteiger partial charge in [0.25, 0.3) is 0 Å². The number of rotatable bonds is 2. The molecule has 1 heterocycles. The minimum Gasteiger partial charge on any atom is -0.405 e. The van der Waals surface area contributed by atoms with Crippen molar-refractivity contribution in [2.45, 2.75) is 0 Å². The van der Waals surface area contributed by atoms with E-state index in [-0.39, 0.29) is 5.69 Å². The molecular formula is C13H10F2IN3. The van der Waals surface area contributed by atoms with Crippen LogP contribution in [0.15, 0.2) is 36.7 Å². The van der Waals surface area contributed by atoms with Crippen molar-refractivity contribution in [3.63, 3.8) is 0 Å². The van der Waals surface area contributed by atoms with Crippen LogP contribution in [0.3, 0.4) is 0 Å². The monoisotopic (exact) mass is 373 g/mol. The number of hydrogen-bond donors (Lipinski definition) is 1. The molecule has 0 aliphatic rings. The fraction of sp³-hybridized carbons (Fsp3) is 0. The second kappa shape index (κ2) is 5.52. The Morgan fingerprint density at radius 1 is 1.42 bits per heavy atom. The highest BCUT2D eigenvalue weighted by Crippen LogP contribution is 2.11. The molecule has 0 unspecified atom stereocenters. The molecule has 0 bridgehead atoms. The summed E-state index contributed by atoms with van der Waals surface area (Å²) >= 11 is 2.08. The molecule has 0 amide bonds. The summed E-state index contributed by atoms with van der Waals surface area (Å²) in [5.41, 5.74) is 5.47. The molecule has 2 aromatic rings.